The largest absolute Gasteiger partial charge is 0.392 e. The molecule has 0 saturated heterocycles. The van der Waals surface area contributed by atoms with Crippen LogP contribution in [0.5, 0.6) is 0 Å². The lowest BCUT2D eigenvalue weighted by molar-refractivity contribution is 0.00407. The zero-order valence-electron chi connectivity index (χ0n) is 16.0. The maximum absolute atomic E-state index is 10.1. The summed E-state index contributed by atoms with van der Waals surface area (Å²) in [7, 11) is 0. The smallest absolute Gasteiger partial charge is 0.0627 e. The summed E-state index contributed by atoms with van der Waals surface area (Å²) < 4.78 is 0. The van der Waals surface area contributed by atoms with Crippen molar-refractivity contribution in [2.24, 2.45) is 29.1 Å². The molecule has 0 bridgehead atoms. The minimum absolute atomic E-state index is 0.00518. The van der Waals surface area contributed by atoms with Gasteiger partial charge in [0.2, 0.25) is 0 Å². The first-order valence-electron chi connectivity index (χ1n) is 10.1. The lowest BCUT2D eigenvalue weighted by Crippen LogP contribution is -2.35. The molecule has 0 aromatic heterocycles. The highest BCUT2D eigenvalue weighted by Crippen LogP contribution is 2.59. The molecule has 0 amide bonds. The van der Waals surface area contributed by atoms with Crippen LogP contribution in [0.3, 0.4) is 0 Å². The van der Waals surface area contributed by atoms with Crippen LogP contribution >= 0.6 is 0 Å². The Morgan fingerprint density at radius 2 is 1.75 bits per heavy atom. The van der Waals surface area contributed by atoms with Crippen LogP contribution in [0.15, 0.2) is 23.3 Å². The highest BCUT2D eigenvalue weighted by Gasteiger charge is 2.49. The van der Waals surface area contributed by atoms with Crippen molar-refractivity contribution in [3.05, 3.63) is 23.3 Å². The topological polar surface area (TPSA) is 40.5 Å². The van der Waals surface area contributed by atoms with Gasteiger partial charge >= 0.3 is 0 Å². The first-order valence-corrected chi connectivity index (χ1v) is 10.1. The van der Waals surface area contributed by atoms with E-state index in [1.807, 2.05) is 6.92 Å². The number of hydrogen-bond donors (Lipinski definition) is 2. The lowest BCUT2D eigenvalue weighted by atomic mass is 9.61. The normalized spacial score (nSPS) is 44.9. The van der Waals surface area contributed by atoms with E-state index < -0.39 is 12.2 Å². The van der Waals surface area contributed by atoms with Crippen molar-refractivity contribution in [1.82, 2.24) is 0 Å². The fraction of sp³-hybridized carbons (Fsp3) is 0.818. The molecule has 3 saturated carbocycles. The standard InChI is InChI=1S/C22H36O2/c1-14(2)18-9-10-19-17(6-5-11-22(18,19)4)8-7-16-12-20(23)15(3)21(24)13-16/h7-8,14-15,18-21,23-24H,5-6,9-13H2,1-4H3/b16-7?,17-8+/t15?,18-,19+,20-,21-,22-/m1/s1. The van der Waals surface area contributed by atoms with E-state index in [0.717, 1.165) is 30.6 Å². The fourth-order valence-corrected chi connectivity index (χ4v) is 5.98. The van der Waals surface area contributed by atoms with Gasteiger partial charge in [0.25, 0.3) is 0 Å². The number of aliphatic hydroxyl groups excluding tert-OH is 2. The Kier molecular flexibility index (Phi) is 5.28. The molecular formula is C22H36O2. The molecule has 2 nitrogen and oxygen atoms in total. The third-order valence-electron chi connectivity index (χ3n) is 7.53. The molecule has 0 radical (unpaired) electrons. The van der Waals surface area contributed by atoms with E-state index in [9.17, 15) is 10.2 Å². The van der Waals surface area contributed by atoms with Crippen molar-refractivity contribution < 1.29 is 10.2 Å². The third-order valence-corrected chi connectivity index (χ3v) is 7.53. The van der Waals surface area contributed by atoms with Crippen LogP contribution in [-0.4, -0.2) is 22.4 Å². The van der Waals surface area contributed by atoms with Crippen LogP contribution < -0.4 is 0 Å². The fourth-order valence-electron chi connectivity index (χ4n) is 5.98. The van der Waals surface area contributed by atoms with E-state index in [2.05, 4.69) is 32.9 Å². The van der Waals surface area contributed by atoms with Gasteiger partial charge in [-0.1, -0.05) is 51.0 Å². The van der Waals surface area contributed by atoms with E-state index in [-0.39, 0.29) is 5.92 Å². The van der Waals surface area contributed by atoms with Gasteiger partial charge in [-0.2, -0.15) is 0 Å². The molecule has 2 heteroatoms. The Bertz CT molecular complexity index is 504. The summed E-state index contributed by atoms with van der Waals surface area (Å²) in [6.07, 6.45) is 11.9. The summed E-state index contributed by atoms with van der Waals surface area (Å²) in [6.45, 7) is 9.27. The van der Waals surface area contributed by atoms with Gasteiger partial charge in [-0.3, -0.25) is 0 Å². The van der Waals surface area contributed by atoms with Crippen LogP contribution in [-0.2, 0) is 0 Å². The first-order chi connectivity index (χ1) is 11.3. The lowest BCUT2D eigenvalue weighted by Gasteiger charge is -2.43. The Morgan fingerprint density at radius 3 is 2.38 bits per heavy atom. The molecular weight excluding hydrogens is 296 g/mol. The Balaban J connectivity index is 1.77. The highest BCUT2D eigenvalue weighted by atomic mass is 16.3. The molecule has 0 heterocycles. The van der Waals surface area contributed by atoms with Gasteiger partial charge in [-0.15, -0.1) is 0 Å². The van der Waals surface area contributed by atoms with Crippen molar-refractivity contribution >= 4 is 0 Å². The molecule has 5 atom stereocenters. The van der Waals surface area contributed by atoms with Gasteiger partial charge in [0.05, 0.1) is 12.2 Å². The van der Waals surface area contributed by atoms with Gasteiger partial charge in [-0.25, -0.2) is 0 Å². The first kappa shape index (κ1) is 18.2. The third kappa shape index (κ3) is 3.24. The summed E-state index contributed by atoms with van der Waals surface area (Å²) in [4.78, 5) is 0. The summed E-state index contributed by atoms with van der Waals surface area (Å²) in [5.41, 5.74) is 3.32. The quantitative estimate of drug-likeness (QED) is 0.758. The minimum atomic E-state index is -0.396. The summed E-state index contributed by atoms with van der Waals surface area (Å²) >= 11 is 0. The Labute approximate surface area is 148 Å². The number of hydrogen-bond acceptors (Lipinski definition) is 2. The predicted molar refractivity (Wildman–Crippen MR) is 99.6 cm³/mol. The van der Waals surface area contributed by atoms with Crippen LogP contribution in [0.2, 0.25) is 0 Å². The molecule has 136 valence electrons. The van der Waals surface area contributed by atoms with Crippen molar-refractivity contribution in [3.8, 4) is 0 Å². The molecule has 24 heavy (non-hydrogen) atoms. The van der Waals surface area contributed by atoms with Crippen molar-refractivity contribution in [2.75, 3.05) is 0 Å². The maximum Gasteiger partial charge on any atom is 0.0627 e. The van der Waals surface area contributed by atoms with Gasteiger partial charge in [-0.05, 0) is 68.1 Å². The zero-order valence-corrected chi connectivity index (χ0v) is 16.0. The molecule has 3 rings (SSSR count). The average molecular weight is 333 g/mol. The molecule has 0 aliphatic heterocycles. The SMILES string of the molecule is CC1[C@H](O)CC(=C/C=C2\CCC[C@]3(C)[C@@H](C(C)C)CC[C@@H]23)C[C@H]1O. The molecule has 0 unspecified atom stereocenters. The summed E-state index contributed by atoms with van der Waals surface area (Å²) in [5, 5.41) is 20.2. The van der Waals surface area contributed by atoms with Gasteiger partial charge in [0.1, 0.15) is 0 Å². The summed E-state index contributed by atoms with van der Waals surface area (Å²) in [6, 6.07) is 0. The van der Waals surface area contributed by atoms with Crippen molar-refractivity contribution in [3.63, 3.8) is 0 Å². The zero-order chi connectivity index (χ0) is 17.5. The maximum atomic E-state index is 10.1. The molecule has 0 aromatic carbocycles. The predicted octanol–water partition coefficient (Wildman–Crippen LogP) is 4.86. The van der Waals surface area contributed by atoms with Gasteiger partial charge < -0.3 is 10.2 Å². The van der Waals surface area contributed by atoms with E-state index in [1.54, 1.807) is 5.57 Å². The van der Waals surface area contributed by atoms with E-state index >= 15 is 0 Å². The van der Waals surface area contributed by atoms with Gasteiger partial charge in [0, 0.05) is 5.92 Å². The van der Waals surface area contributed by atoms with Crippen LogP contribution in [0, 0.1) is 29.1 Å². The number of aliphatic hydroxyl groups is 2. The van der Waals surface area contributed by atoms with Crippen LogP contribution in [0.25, 0.3) is 0 Å². The van der Waals surface area contributed by atoms with E-state index in [1.165, 1.54) is 37.7 Å². The van der Waals surface area contributed by atoms with Crippen LogP contribution in [0.4, 0.5) is 0 Å². The molecule has 2 N–H and O–H groups in total. The second kappa shape index (κ2) is 6.96. The molecule has 0 aromatic rings. The summed E-state index contributed by atoms with van der Waals surface area (Å²) in [5.74, 6) is 2.38. The second-order valence-corrected chi connectivity index (χ2v) is 9.31. The number of rotatable bonds is 2. The minimum Gasteiger partial charge on any atom is -0.392 e. The molecule has 3 aliphatic carbocycles. The second-order valence-electron chi connectivity index (χ2n) is 9.31. The average Bonchev–Trinajstić information content (AvgIpc) is 2.88. The van der Waals surface area contributed by atoms with Crippen molar-refractivity contribution in [2.45, 2.75) is 84.8 Å². The molecule has 3 aliphatic rings. The molecule has 3 fully saturated rings. The Morgan fingerprint density at radius 1 is 1.08 bits per heavy atom. The van der Waals surface area contributed by atoms with Crippen molar-refractivity contribution in [1.29, 1.82) is 0 Å². The van der Waals surface area contributed by atoms with E-state index in [4.69, 9.17) is 0 Å². The monoisotopic (exact) mass is 332 g/mol. The number of fused-ring (bicyclic) bond motifs is 1. The number of allylic oxidation sites excluding steroid dienone is 3. The Hall–Kier alpha value is -0.600. The van der Waals surface area contributed by atoms with Gasteiger partial charge in [0.15, 0.2) is 0 Å². The van der Waals surface area contributed by atoms with E-state index in [0.29, 0.717) is 5.41 Å². The van der Waals surface area contributed by atoms with Crippen LogP contribution in [0.1, 0.15) is 72.6 Å². The molecule has 0 spiro atoms. The highest BCUT2D eigenvalue weighted by molar-refractivity contribution is 5.26.